The maximum absolute atomic E-state index is 5.98. The lowest BCUT2D eigenvalue weighted by Gasteiger charge is -2.12. The molecule has 1 aromatic rings. The number of hydrogen-bond acceptors (Lipinski definition) is 2. The molecule has 2 heteroatoms. The van der Waals surface area contributed by atoms with Crippen LogP contribution in [-0.2, 0) is 19.3 Å². The maximum Gasteiger partial charge on any atom is 0.0536 e. The third-order valence-corrected chi connectivity index (χ3v) is 2.87. The van der Waals surface area contributed by atoms with Crippen molar-refractivity contribution in [2.24, 2.45) is 5.92 Å². The van der Waals surface area contributed by atoms with Crippen LogP contribution in [0.15, 0.2) is 6.20 Å². The zero-order valence-corrected chi connectivity index (χ0v) is 9.01. The third kappa shape index (κ3) is 1.61. The standard InChI is InChI=1S/C12H18N2/c1-8(2)6-10-9-4-3-5-12(9)14-7-11(10)13/h7-8H,3-6,13H2,1-2H3. The van der Waals surface area contributed by atoms with E-state index in [9.17, 15) is 0 Å². The van der Waals surface area contributed by atoms with Crippen molar-refractivity contribution in [1.29, 1.82) is 0 Å². The van der Waals surface area contributed by atoms with Crippen LogP contribution < -0.4 is 5.73 Å². The summed E-state index contributed by atoms with van der Waals surface area (Å²) >= 11 is 0. The normalized spacial score (nSPS) is 14.8. The molecule has 0 unspecified atom stereocenters. The fourth-order valence-corrected chi connectivity index (χ4v) is 2.24. The largest absolute Gasteiger partial charge is 0.397 e. The summed E-state index contributed by atoms with van der Waals surface area (Å²) in [6, 6.07) is 0. The van der Waals surface area contributed by atoms with Gasteiger partial charge < -0.3 is 5.73 Å². The van der Waals surface area contributed by atoms with Gasteiger partial charge in [-0.3, -0.25) is 4.98 Å². The van der Waals surface area contributed by atoms with Gasteiger partial charge in [0.05, 0.1) is 11.9 Å². The number of anilines is 1. The highest BCUT2D eigenvalue weighted by atomic mass is 14.7. The number of aromatic nitrogens is 1. The van der Waals surface area contributed by atoms with Gasteiger partial charge in [0.25, 0.3) is 0 Å². The monoisotopic (exact) mass is 190 g/mol. The summed E-state index contributed by atoms with van der Waals surface area (Å²) in [5, 5.41) is 0. The average molecular weight is 190 g/mol. The van der Waals surface area contributed by atoms with Crippen molar-refractivity contribution in [2.75, 3.05) is 5.73 Å². The first kappa shape index (κ1) is 9.50. The predicted octanol–water partition coefficient (Wildman–Crippen LogP) is 2.35. The Labute approximate surface area is 85.5 Å². The van der Waals surface area contributed by atoms with E-state index in [1.165, 1.54) is 29.7 Å². The van der Waals surface area contributed by atoms with E-state index < -0.39 is 0 Å². The van der Waals surface area contributed by atoms with E-state index in [0.29, 0.717) is 5.92 Å². The molecule has 0 aromatic carbocycles. The van der Waals surface area contributed by atoms with E-state index in [4.69, 9.17) is 5.73 Å². The van der Waals surface area contributed by atoms with E-state index in [-0.39, 0.29) is 0 Å². The Bertz CT molecular complexity index is 342. The van der Waals surface area contributed by atoms with Crippen LogP contribution in [-0.4, -0.2) is 4.98 Å². The lowest BCUT2D eigenvalue weighted by Crippen LogP contribution is -2.05. The maximum atomic E-state index is 5.98. The highest BCUT2D eigenvalue weighted by molar-refractivity contribution is 5.52. The average Bonchev–Trinajstić information content (AvgIpc) is 2.57. The second kappa shape index (κ2) is 3.60. The lowest BCUT2D eigenvalue weighted by atomic mass is 9.97. The van der Waals surface area contributed by atoms with Gasteiger partial charge in [0.15, 0.2) is 0 Å². The number of hydrogen-bond donors (Lipinski definition) is 1. The van der Waals surface area contributed by atoms with Gasteiger partial charge in [-0.25, -0.2) is 0 Å². The number of nitrogens with two attached hydrogens (primary N) is 1. The molecule has 14 heavy (non-hydrogen) atoms. The third-order valence-electron chi connectivity index (χ3n) is 2.87. The molecule has 2 N–H and O–H groups in total. The summed E-state index contributed by atoms with van der Waals surface area (Å²) < 4.78 is 0. The van der Waals surface area contributed by atoms with Crippen LogP contribution in [0.4, 0.5) is 5.69 Å². The van der Waals surface area contributed by atoms with Crippen molar-refractivity contribution in [3.05, 3.63) is 23.0 Å². The van der Waals surface area contributed by atoms with Crippen LogP contribution in [0.1, 0.15) is 37.1 Å². The molecule has 1 heterocycles. The van der Waals surface area contributed by atoms with Gasteiger partial charge in [-0.05, 0) is 42.7 Å². The zero-order chi connectivity index (χ0) is 10.1. The number of nitrogens with zero attached hydrogens (tertiary/aromatic N) is 1. The second-order valence-electron chi connectivity index (χ2n) is 4.57. The van der Waals surface area contributed by atoms with Gasteiger partial charge in [0, 0.05) is 5.69 Å². The first-order valence-corrected chi connectivity index (χ1v) is 5.43. The Morgan fingerprint density at radius 3 is 2.93 bits per heavy atom. The van der Waals surface area contributed by atoms with Crippen LogP contribution in [0.5, 0.6) is 0 Å². The summed E-state index contributed by atoms with van der Waals surface area (Å²) in [6.07, 6.45) is 6.49. The molecule has 0 saturated heterocycles. The molecule has 0 amide bonds. The topological polar surface area (TPSA) is 38.9 Å². The van der Waals surface area contributed by atoms with Crippen molar-refractivity contribution >= 4 is 5.69 Å². The Morgan fingerprint density at radius 1 is 1.43 bits per heavy atom. The number of nitrogen functional groups attached to an aromatic ring is 1. The van der Waals surface area contributed by atoms with Crippen molar-refractivity contribution in [3.8, 4) is 0 Å². The van der Waals surface area contributed by atoms with E-state index in [1.54, 1.807) is 0 Å². The minimum Gasteiger partial charge on any atom is -0.397 e. The highest BCUT2D eigenvalue weighted by Crippen LogP contribution is 2.28. The molecular formula is C12H18N2. The van der Waals surface area contributed by atoms with Gasteiger partial charge in [-0.15, -0.1) is 0 Å². The Balaban J connectivity index is 2.41. The highest BCUT2D eigenvalue weighted by Gasteiger charge is 2.18. The SMILES string of the molecule is CC(C)Cc1c(N)cnc2c1CCC2. The molecule has 0 atom stereocenters. The van der Waals surface area contributed by atoms with E-state index in [1.807, 2.05) is 6.20 Å². The van der Waals surface area contributed by atoms with Gasteiger partial charge >= 0.3 is 0 Å². The fraction of sp³-hybridized carbons (Fsp3) is 0.583. The van der Waals surface area contributed by atoms with Crippen LogP contribution in [0, 0.1) is 5.92 Å². The molecule has 0 radical (unpaired) electrons. The van der Waals surface area contributed by atoms with Crippen LogP contribution in [0.3, 0.4) is 0 Å². The predicted molar refractivity (Wildman–Crippen MR) is 59.2 cm³/mol. The number of aryl methyl sites for hydroxylation is 1. The zero-order valence-electron chi connectivity index (χ0n) is 9.01. The summed E-state index contributed by atoms with van der Waals surface area (Å²) in [6.45, 7) is 4.47. The van der Waals surface area contributed by atoms with Crippen molar-refractivity contribution in [1.82, 2.24) is 4.98 Å². The molecular weight excluding hydrogens is 172 g/mol. The molecule has 0 fully saturated rings. The summed E-state index contributed by atoms with van der Waals surface area (Å²) in [5.41, 5.74) is 11.0. The van der Waals surface area contributed by atoms with Crippen molar-refractivity contribution in [2.45, 2.75) is 39.5 Å². The minimum atomic E-state index is 0.671. The molecule has 0 saturated carbocycles. The number of pyridine rings is 1. The molecule has 2 nitrogen and oxygen atoms in total. The van der Waals surface area contributed by atoms with E-state index in [0.717, 1.165) is 18.5 Å². The van der Waals surface area contributed by atoms with Gasteiger partial charge in [0.1, 0.15) is 0 Å². The Hall–Kier alpha value is -1.05. The number of fused-ring (bicyclic) bond motifs is 1. The molecule has 1 aromatic heterocycles. The Morgan fingerprint density at radius 2 is 2.21 bits per heavy atom. The van der Waals surface area contributed by atoms with Gasteiger partial charge in [-0.2, -0.15) is 0 Å². The fourth-order valence-electron chi connectivity index (χ4n) is 2.24. The molecule has 1 aliphatic carbocycles. The first-order chi connectivity index (χ1) is 6.68. The van der Waals surface area contributed by atoms with Crippen LogP contribution >= 0.6 is 0 Å². The summed E-state index contributed by atoms with van der Waals surface area (Å²) in [4.78, 5) is 4.40. The van der Waals surface area contributed by atoms with Crippen LogP contribution in [0.2, 0.25) is 0 Å². The molecule has 0 aliphatic heterocycles. The summed E-state index contributed by atoms with van der Waals surface area (Å²) in [7, 11) is 0. The molecule has 76 valence electrons. The van der Waals surface area contributed by atoms with E-state index in [2.05, 4.69) is 18.8 Å². The minimum absolute atomic E-state index is 0.671. The molecule has 0 bridgehead atoms. The Kier molecular flexibility index (Phi) is 2.44. The number of rotatable bonds is 2. The van der Waals surface area contributed by atoms with Gasteiger partial charge in [-0.1, -0.05) is 13.8 Å². The molecule has 2 rings (SSSR count). The molecule has 1 aliphatic rings. The van der Waals surface area contributed by atoms with Gasteiger partial charge in [0.2, 0.25) is 0 Å². The van der Waals surface area contributed by atoms with Crippen molar-refractivity contribution in [3.63, 3.8) is 0 Å². The van der Waals surface area contributed by atoms with Crippen molar-refractivity contribution < 1.29 is 0 Å². The summed E-state index contributed by atoms with van der Waals surface area (Å²) in [5.74, 6) is 0.671. The lowest BCUT2D eigenvalue weighted by molar-refractivity contribution is 0.644. The van der Waals surface area contributed by atoms with Crippen LogP contribution in [0.25, 0.3) is 0 Å². The first-order valence-electron chi connectivity index (χ1n) is 5.43. The van der Waals surface area contributed by atoms with E-state index >= 15 is 0 Å². The smallest absolute Gasteiger partial charge is 0.0536 e. The quantitative estimate of drug-likeness (QED) is 0.777. The molecule has 0 spiro atoms. The second-order valence-corrected chi connectivity index (χ2v) is 4.57.